The summed E-state index contributed by atoms with van der Waals surface area (Å²) in [5.74, 6) is -0.229. The van der Waals surface area contributed by atoms with Crippen LogP contribution in [-0.2, 0) is 11.3 Å². The van der Waals surface area contributed by atoms with Crippen molar-refractivity contribution in [3.63, 3.8) is 0 Å². The summed E-state index contributed by atoms with van der Waals surface area (Å²) < 4.78 is 19.3. The van der Waals surface area contributed by atoms with Gasteiger partial charge in [0.15, 0.2) is 0 Å². The lowest BCUT2D eigenvalue weighted by atomic mass is 9.99. The van der Waals surface area contributed by atoms with E-state index in [1.165, 1.54) is 12.1 Å². The third kappa shape index (κ3) is 4.76. The molecule has 1 rings (SSSR count). The van der Waals surface area contributed by atoms with E-state index < -0.39 is 0 Å². The topological polar surface area (TPSA) is 9.23 Å². The Morgan fingerprint density at radius 3 is 2.60 bits per heavy atom. The third-order valence-corrected chi connectivity index (χ3v) is 2.57. The van der Waals surface area contributed by atoms with Crippen LogP contribution in [-0.4, -0.2) is 6.61 Å². The standard InChI is InChI=1S/C12H16BrFO/c1-12(2,3)8-15-7-9-6-10(14)4-5-11(9)13/h4-6H,7-8H2,1-3H3. The average molecular weight is 275 g/mol. The molecule has 1 aromatic rings. The number of hydrogen-bond acceptors (Lipinski definition) is 1. The molecule has 0 aliphatic heterocycles. The normalized spacial score (nSPS) is 11.8. The second kappa shape index (κ2) is 5.08. The fourth-order valence-electron chi connectivity index (χ4n) is 1.12. The van der Waals surface area contributed by atoms with E-state index in [4.69, 9.17) is 4.74 Å². The van der Waals surface area contributed by atoms with E-state index in [0.29, 0.717) is 13.2 Å². The highest BCUT2D eigenvalue weighted by Crippen LogP contribution is 2.20. The Morgan fingerprint density at radius 1 is 1.33 bits per heavy atom. The summed E-state index contributed by atoms with van der Waals surface area (Å²) in [5.41, 5.74) is 0.985. The Balaban J connectivity index is 2.54. The van der Waals surface area contributed by atoms with Gasteiger partial charge in [-0.05, 0) is 29.2 Å². The van der Waals surface area contributed by atoms with Crippen LogP contribution in [0.3, 0.4) is 0 Å². The summed E-state index contributed by atoms with van der Waals surface area (Å²) in [5, 5.41) is 0. The van der Waals surface area contributed by atoms with Crippen molar-refractivity contribution >= 4 is 15.9 Å². The second-order valence-corrected chi connectivity index (χ2v) is 5.64. The molecule has 0 amide bonds. The quantitative estimate of drug-likeness (QED) is 0.805. The summed E-state index contributed by atoms with van der Waals surface area (Å²) in [4.78, 5) is 0. The Labute approximate surface area is 98.8 Å². The Kier molecular flexibility index (Phi) is 4.29. The Morgan fingerprint density at radius 2 is 2.00 bits per heavy atom. The van der Waals surface area contributed by atoms with Gasteiger partial charge in [0.2, 0.25) is 0 Å². The summed E-state index contributed by atoms with van der Waals surface area (Å²) >= 11 is 3.36. The van der Waals surface area contributed by atoms with Crippen molar-refractivity contribution in [1.29, 1.82) is 0 Å². The number of rotatable bonds is 3. The minimum Gasteiger partial charge on any atom is -0.376 e. The number of benzene rings is 1. The zero-order chi connectivity index (χ0) is 11.5. The van der Waals surface area contributed by atoms with Crippen LogP contribution < -0.4 is 0 Å². The van der Waals surface area contributed by atoms with Crippen LogP contribution in [0.2, 0.25) is 0 Å². The first-order valence-electron chi connectivity index (χ1n) is 4.90. The highest BCUT2D eigenvalue weighted by Gasteiger charge is 2.10. The molecule has 84 valence electrons. The minimum absolute atomic E-state index is 0.139. The Hall–Kier alpha value is -0.410. The average Bonchev–Trinajstić information content (AvgIpc) is 2.09. The molecule has 1 aromatic carbocycles. The highest BCUT2D eigenvalue weighted by molar-refractivity contribution is 9.10. The van der Waals surface area contributed by atoms with Crippen molar-refractivity contribution in [2.24, 2.45) is 5.41 Å². The molecule has 0 unspecified atom stereocenters. The highest BCUT2D eigenvalue weighted by atomic mass is 79.9. The van der Waals surface area contributed by atoms with Crippen molar-refractivity contribution in [3.8, 4) is 0 Å². The first-order chi connectivity index (χ1) is 6.88. The predicted octanol–water partition coefficient (Wildman–Crippen LogP) is 4.15. The lowest BCUT2D eigenvalue weighted by Crippen LogP contribution is -2.14. The van der Waals surface area contributed by atoms with Crippen molar-refractivity contribution < 1.29 is 9.13 Å². The van der Waals surface area contributed by atoms with Crippen molar-refractivity contribution in [1.82, 2.24) is 0 Å². The molecule has 0 heterocycles. The summed E-state index contributed by atoms with van der Waals surface area (Å²) in [6, 6.07) is 4.62. The first kappa shape index (κ1) is 12.7. The minimum atomic E-state index is -0.229. The van der Waals surface area contributed by atoms with E-state index in [9.17, 15) is 4.39 Å². The number of ether oxygens (including phenoxy) is 1. The molecular formula is C12H16BrFO. The van der Waals surface area contributed by atoms with Crippen molar-refractivity contribution in [3.05, 3.63) is 34.1 Å². The van der Waals surface area contributed by atoms with Gasteiger partial charge in [0, 0.05) is 4.47 Å². The smallest absolute Gasteiger partial charge is 0.123 e. The van der Waals surface area contributed by atoms with Gasteiger partial charge in [-0.1, -0.05) is 36.7 Å². The van der Waals surface area contributed by atoms with Gasteiger partial charge in [-0.2, -0.15) is 0 Å². The zero-order valence-electron chi connectivity index (χ0n) is 9.31. The van der Waals surface area contributed by atoms with E-state index >= 15 is 0 Å². The molecule has 0 aliphatic rings. The van der Waals surface area contributed by atoms with Crippen LogP contribution in [0.25, 0.3) is 0 Å². The molecule has 0 bridgehead atoms. The van der Waals surface area contributed by atoms with Crippen LogP contribution in [0.15, 0.2) is 22.7 Å². The van der Waals surface area contributed by atoms with Gasteiger partial charge in [-0.25, -0.2) is 4.39 Å². The van der Waals surface area contributed by atoms with E-state index in [1.807, 2.05) is 0 Å². The number of halogens is 2. The molecule has 0 fully saturated rings. The zero-order valence-corrected chi connectivity index (χ0v) is 10.9. The summed E-state index contributed by atoms with van der Waals surface area (Å²) in [6.07, 6.45) is 0. The van der Waals surface area contributed by atoms with Crippen molar-refractivity contribution in [2.45, 2.75) is 27.4 Å². The van der Waals surface area contributed by atoms with E-state index in [2.05, 4.69) is 36.7 Å². The molecule has 0 atom stereocenters. The van der Waals surface area contributed by atoms with E-state index in [-0.39, 0.29) is 11.2 Å². The van der Waals surface area contributed by atoms with Gasteiger partial charge in [-0.3, -0.25) is 0 Å². The Bertz CT molecular complexity index is 331. The molecule has 0 aliphatic carbocycles. The van der Waals surface area contributed by atoms with Crippen LogP contribution in [0.4, 0.5) is 4.39 Å². The fraction of sp³-hybridized carbons (Fsp3) is 0.500. The molecule has 0 saturated carbocycles. The van der Waals surface area contributed by atoms with Crippen molar-refractivity contribution in [2.75, 3.05) is 6.61 Å². The van der Waals surface area contributed by atoms with Crippen LogP contribution in [0, 0.1) is 11.2 Å². The van der Waals surface area contributed by atoms with Gasteiger partial charge < -0.3 is 4.74 Å². The lowest BCUT2D eigenvalue weighted by Gasteiger charge is -2.18. The van der Waals surface area contributed by atoms with Gasteiger partial charge in [0.25, 0.3) is 0 Å². The molecule has 0 saturated heterocycles. The first-order valence-corrected chi connectivity index (χ1v) is 5.69. The summed E-state index contributed by atoms with van der Waals surface area (Å²) in [7, 11) is 0. The molecule has 15 heavy (non-hydrogen) atoms. The van der Waals surface area contributed by atoms with Crippen LogP contribution >= 0.6 is 15.9 Å². The molecule has 0 N–H and O–H groups in total. The van der Waals surface area contributed by atoms with Crippen LogP contribution in [0.1, 0.15) is 26.3 Å². The summed E-state index contributed by atoms with van der Waals surface area (Å²) in [6.45, 7) is 7.42. The number of hydrogen-bond donors (Lipinski definition) is 0. The maximum Gasteiger partial charge on any atom is 0.123 e. The maximum atomic E-state index is 12.9. The van der Waals surface area contributed by atoms with Crippen LogP contribution in [0.5, 0.6) is 0 Å². The van der Waals surface area contributed by atoms with E-state index in [1.54, 1.807) is 6.07 Å². The monoisotopic (exact) mass is 274 g/mol. The largest absolute Gasteiger partial charge is 0.376 e. The molecule has 0 aromatic heterocycles. The van der Waals surface area contributed by atoms with Gasteiger partial charge in [0.05, 0.1) is 13.2 Å². The van der Waals surface area contributed by atoms with Gasteiger partial charge in [0.1, 0.15) is 5.82 Å². The lowest BCUT2D eigenvalue weighted by molar-refractivity contribution is 0.0595. The molecule has 0 radical (unpaired) electrons. The molecular weight excluding hydrogens is 259 g/mol. The maximum absolute atomic E-state index is 12.9. The second-order valence-electron chi connectivity index (χ2n) is 4.79. The SMILES string of the molecule is CC(C)(C)COCc1cc(F)ccc1Br. The van der Waals surface area contributed by atoms with Gasteiger partial charge in [-0.15, -0.1) is 0 Å². The van der Waals surface area contributed by atoms with E-state index in [0.717, 1.165) is 10.0 Å². The predicted molar refractivity (Wildman–Crippen MR) is 63.2 cm³/mol. The molecule has 0 spiro atoms. The third-order valence-electron chi connectivity index (χ3n) is 1.80. The fourth-order valence-corrected chi connectivity index (χ4v) is 1.48. The molecule has 3 heteroatoms. The van der Waals surface area contributed by atoms with Gasteiger partial charge >= 0.3 is 0 Å². The molecule has 1 nitrogen and oxygen atoms in total.